The molecule has 0 spiro atoms. The third-order valence-corrected chi connectivity index (χ3v) is 9.18. The van der Waals surface area contributed by atoms with Gasteiger partial charge in [-0.15, -0.1) is 11.3 Å². The molecule has 1 aromatic heterocycles. The van der Waals surface area contributed by atoms with E-state index in [9.17, 15) is 19.5 Å². The molecule has 0 atom stereocenters. The molecular formula is C22H20N3NaO4S4. The topological polar surface area (TPSA) is 85.7 Å². The van der Waals surface area contributed by atoms with E-state index in [0.29, 0.717) is 15.7 Å². The Morgan fingerprint density at radius 1 is 1.12 bits per heavy atom. The number of rotatable bonds is 5. The van der Waals surface area contributed by atoms with Crippen LogP contribution in [-0.2, 0) is 16.1 Å². The Hall–Kier alpha value is -1.34. The quantitative estimate of drug-likeness (QED) is 0.327. The van der Waals surface area contributed by atoms with Gasteiger partial charge in [0, 0.05) is 18.0 Å². The molecule has 2 aliphatic heterocycles. The fraction of sp³-hybridized carbons (Fsp3) is 0.273. The van der Waals surface area contributed by atoms with Crippen LogP contribution < -0.4 is 54.3 Å². The number of aromatic nitrogens is 1. The second-order valence-corrected chi connectivity index (χ2v) is 10.9. The molecule has 0 aliphatic carbocycles. The number of nitrogens with zero attached hydrogens (tertiary/aromatic N) is 3. The number of para-hydroxylation sites is 1. The number of carbonyl (C=O) groups is 2. The molecule has 0 N–H and O–H groups in total. The molecule has 2 aliphatic rings. The van der Waals surface area contributed by atoms with Gasteiger partial charge in [0.15, 0.2) is 0 Å². The predicted molar refractivity (Wildman–Crippen MR) is 136 cm³/mol. The van der Waals surface area contributed by atoms with Crippen molar-refractivity contribution in [1.82, 2.24) is 9.47 Å². The number of aliphatic carboxylic acids is 1. The first kappa shape index (κ1) is 27.3. The monoisotopic (exact) mass is 541 g/mol. The maximum Gasteiger partial charge on any atom is 1.00 e. The van der Waals surface area contributed by atoms with E-state index in [1.807, 2.05) is 32.1 Å². The zero-order valence-corrected chi connectivity index (χ0v) is 24.4. The predicted octanol–water partition coefficient (Wildman–Crippen LogP) is -1.70. The Kier molecular flexibility index (Phi) is 8.94. The van der Waals surface area contributed by atoms with Crippen molar-refractivity contribution in [2.45, 2.75) is 32.2 Å². The molecule has 34 heavy (non-hydrogen) atoms. The van der Waals surface area contributed by atoms with Gasteiger partial charge < -0.3 is 14.8 Å². The Bertz CT molecular complexity index is 1400. The second-order valence-electron chi connectivity index (χ2n) is 7.23. The smallest absolute Gasteiger partial charge is 0.548 e. The van der Waals surface area contributed by atoms with Gasteiger partial charge in [-0.25, -0.2) is 0 Å². The zero-order valence-electron chi connectivity index (χ0n) is 19.1. The number of allylic oxidation sites excluding steroid dienone is 1. The van der Waals surface area contributed by atoms with Crippen LogP contribution in [0.1, 0.15) is 20.8 Å². The van der Waals surface area contributed by atoms with Gasteiger partial charge >= 0.3 is 29.6 Å². The van der Waals surface area contributed by atoms with Gasteiger partial charge in [-0.1, -0.05) is 47.9 Å². The second kappa shape index (κ2) is 11.2. The van der Waals surface area contributed by atoms with Crippen LogP contribution >= 0.6 is 47.1 Å². The molecular weight excluding hydrogens is 522 g/mol. The molecule has 12 heteroatoms. The van der Waals surface area contributed by atoms with Crippen LogP contribution in [0.5, 0.6) is 0 Å². The van der Waals surface area contributed by atoms with Crippen LogP contribution in [0.4, 0.5) is 5.69 Å². The van der Waals surface area contributed by atoms with Gasteiger partial charge in [-0.3, -0.25) is 19.1 Å². The fourth-order valence-corrected chi connectivity index (χ4v) is 7.46. The summed E-state index contributed by atoms with van der Waals surface area (Å²) in [5.74, 6) is -1.90. The van der Waals surface area contributed by atoms with E-state index in [-0.39, 0.29) is 44.3 Å². The number of hydrogen-bond acceptors (Lipinski definition) is 9. The van der Waals surface area contributed by atoms with E-state index >= 15 is 0 Å². The number of anilines is 1. The van der Waals surface area contributed by atoms with E-state index in [0.717, 1.165) is 39.5 Å². The van der Waals surface area contributed by atoms with Crippen molar-refractivity contribution in [3.05, 3.63) is 54.9 Å². The summed E-state index contributed by atoms with van der Waals surface area (Å²) >= 11 is 9.10. The van der Waals surface area contributed by atoms with E-state index in [4.69, 9.17) is 12.2 Å². The number of thiazole rings is 1. The van der Waals surface area contributed by atoms with Crippen molar-refractivity contribution in [1.29, 1.82) is 0 Å². The minimum Gasteiger partial charge on any atom is -0.548 e. The van der Waals surface area contributed by atoms with E-state index < -0.39 is 18.4 Å². The number of fused-ring (bicyclic) bond motifs is 1. The van der Waals surface area contributed by atoms with Crippen LogP contribution in [-0.4, -0.2) is 38.8 Å². The van der Waals surface area contributed by atoms with Crippen LogP contribution in [0.25, 0.3) is 10.5 Å². The number of hydrogen-bond donors (Lipinski definition) is 0. The summed E-state index contributed by atoms with van der Waals surface area (Å²) < 4.78 is 2.72. The van der Waals surface area contributed by atoms with Crippen molar-refractivity contribution >= 4 is 79.4 Å². The normalized spacial score (nSPS) is 19.0. The van der Waals surface area contributed by atoms with Crippen LogP contribution in [0, 0.1) is 0 Å². The van der Waals surface area contributed by atoms with Gasteiger partial charge in [0.05, 0.1) is 27.8 Å². The van der Waals surface area contributed by atoms with Gasteiger partial charge in [0.2, 0.25) is 0 Å². The third-order valence-electron chi connectivity index (χ3n) is 5.18. The molecule has 4 rings (SSSR count). The van der Waals surface area contributed by atoms with Crippen LogP contribution in [0.3, 0.4) is 0 Å². The summed E-state index contributed by atoms with van der Waals surface area (Å²) in [5, 5.41) is 12.0. The molecule has 7 nitrogen and oxygen atoms in total. The van der Waals surface area contributed by atoms with Crippen LogP contribution in [0.15, 0.2) is 45.1 Å². The summed E-state index contributed by atoms with van der Waals surface area (Å²) in [5.41, 5.74) is 1.77. The van der Waals surface area contributed by atoms with Crippen molar-refractivity contribution in [3.8, 4) is 0 Å². The zero-order chi connectivity index (χ0) is 23.9. The number of carboxylic acid groups (broad SMARTS) is 1. The number of carbonyl (C=O) groups excluding carboxylic acids is 2. The van der Waals surface area contributed by atoms with Gasteiger partial charge in [0.25, 0.3) is 11.5 Å². The summed E-state index contributed by atoms with van der Waals surface area (Å²) in [6, 6.07) is 8.17. The summed E-state index contributed by atoms with van der Waals surface area (Å²) in [6.07, 6.45) is 2.01. The Morgan fingerprint density at radius 3 is 2.47 bits per heavy atom. The largest absolute Gasteiger partial charge is 1.00 e. The van der Waals surface area contributed by atoms with Crippen molar-refractivity contribution in [2.24, 2.45) is 0 Å². The SMILES string of the molecule is CCN1/C(=C\C(C)=c2\s/c(=C3\SC(=S)N(CC(=O)[O-])C3=O)n(CC)c2=O)Sc2ccccc21.[Na+]. The molecule has 172 valence electrons. The summed E-state index contributed by atoms with van der Waals surface area (Å²) in [7, 11) is 0. The van der Waals surface area contributed by atoms with Crippen molar-refractivity contribution in [2.75, 3.05) is 18.0 Å². The molecule has 0 radical (unpaired) electrons. The molecule has 0 saturated carbocycles. The van der Waals surface area contributed by atoms with Crippen molar-refractivity contribution < 1.29 is 44.3 Å². The van der Waals surface area contributed by atoms with Gasteiger partial charge in [-0.05, 0) is 44.6 Å². The average Bonchev–Trinajstić information content (AvgIpc) is 3.39. The standard InChI is InChI=1S/C22H21N3O4S4.Na/c1-4-23-13-8-6-7-9-14(13)31-15(23)10-12(3)17-19(28)24(5-2)21(32-17)18-20(29)25(11-16(26)27)22(30)33-18;/h6-10H,4-5,11H2,1-3H3,(H,26,27);/q;+1/p-1/b15-10+,17-12+,21-18-;. The minimum absolute atomic E-state index is 0. The Labute approximate surface area is 236 Å². The maximum absolute atomic E-state index is 13.2. The first-order valence-electron chi connectivity index (χ1n) is 10.2. The first-order chi connectivity index (χ1) is 15.8. The van der Waals surface area contributed by atoms with E-state index in [1.165, 1.54) is 16.2 Å². The number of thiocarbonyl (C=S) groups is 1. The molecule has 3 heterocycles. The first-order valence-corrected chi connectivity index (χ1v) is 13.1. The minimum atomic E-state index is -1.39. The number of carboxylic acids is 1. The molecule has 1 aromatic carbocycles. The Morgan fingerprint density at radius 2 is 1.82 bits per heavy atom. The molecule has 1 saturated heterocycles. The van der Waals surface area contributed by atoms with E-state index in [2.05, 4.69) is 24.0 Å². The Balaban J connectivity index is 0.00000324. The number of amides is 1. The van der Waals surface area contributed by atoms with Crippen molar-refractivity contribution in [3.63, 3.8) is 0 Å². The number of thioether (sulfide) groups is 2. The molecule has 0 unspecified atom stereocenters. The van der Waals surface area contributed by atoms with Gasteiger partial charge in [0.1, 0.15) is 13.9 Å². The van der Waals surface area contributed by atoms with E-state index in [1.54, 1.807) is 16.3 Å². The molecule has 2 aromatic rings. The fourth-order valence-electron chi connectivity index (χ4n) is 3.64. The summed E-state index contributed by atoms with van der Waals surface area (Å²) in [4.78, 5) is 41.7. The summed E-state index contributed by atoms with van der Waals surface area (Å²) in [6.45, 7) is 6.37. The van der Waals surface area contributed by atoms with Crippen LogP contribution in [0.2, 0.25) is 0 Å². The number of benzene rings is 1. The maximum atomic E-state index is 13.2. The third kappa shape index (κ3) is 4.97. The molecule has 1 amide bonds. The van der Waals surface area contributed by atoms with Gasteiger partial charge in [-0.2, -0.15) is 0 Å². The molecule has 0 bridgehead atoms. The molecule has 1 fully saturated rings. The average molecular weight is 542 g/mol.